The van der Waals surface area contributed by atoms with Crippen molar-refractivity contribution in [2.75, 3.05) is 6.54 Å². The van der Waals surface area contributed by atoms with Crippen molar-refractivity contribution < 1.29 is 18.4 Å². The van der Waals surface area contributed by atoms with Crippen LogP contribution in [0.5, 0.6) is 0 Å². The van der Waals surface area contributed by atoms with Crippen LogP contribution in [0.2, 0.25) is 0 Å². The van der Waals surface area contributed by atoms with Gasteiger partial charge in [-0.05, 0) is 55.7 Å². The zero-order chi connectivity index (χ0) is 21.3. The second kappa shape index (κ2) is 7.89. The molecular formula is C23H27N3O4. The maximum atomic E-state index is 13.5. The molecule has 0 radical (unpaired) electrons. The van der Waals surface area contributed by atoms with E-state index in [2.05, 4.69) is 19.2 Å². The van der Waals surface area contributed by atoms with Gasteiger partial charge in [0.2, 0.25) is 5.91 Å². The molecule has 30 heavy (non-hydrogen) atoms. The van der Waals surface area contributed by atoms with Crippen molar-refractivity contribution in [2.45, 2.75) is 45.8 Å². The van der Waals surface area contributed by atoms with Crippen molar-refractivity contribution in [3.63, 3.8) is 0 Å². The number of carbonyl (C=O) groups is 2. The molecule has 4 heterocycles. The highest BCUT2D eigenvalue weighted by Gasteiger charge is 2.48. The Hall–Kier alpha value is -3.22. The molecule has 1 unspecified atom stereocenters. The maximum absolute atomic E-state index is 13.5. The van der Waals surface area contributed by atoms with Gasteiger partial charge < -0.3 is 23.6 Å². The van der Waals surface area contributed by atoms with Gasteiger partial charge in [-0.1, -0.05) is 13.8 Å². The third kappa shape index (κ3) is 3.56. The summed E-state index contributed by atoms with van der Waals surface area (Å²) in [7, 11) is 0. The lowest BCUT2D eigenvalue weighted by Crippen LogP contribution is -2.63. The van der Waals surface area contributed by atoms with E-state index < -0.39 is 5.54 Å². The summed E-state index contributed by atoms with van der Waals surface area (Å²) in [4.78, 5) is 28.4. The molecule has 4 rings (SSSR count). The lowest BCUT2D eigenvalue weighted by Gasteiger charge is -2.44. The number of fused-ring (bicyclic) bond motifs is 1. The number of amides is 2. The van der Waals surface area contributed by atoms with Crippen LogP contribution in [0.15, 0.2) is 57.8 Å². The summed E-state index contributed by atoms with van der Waals surface area (Å²) in [6, 6.07) is 10.9. The second-order valence-corrected chi connectivity index (χ2v) is 8.35. The zero-order valence-corrected chi connectivity index (χ0v) is 17.6. The van der Waals surface area contributed by atoms with E-state index in [-0.39, 0.29) is 18.4 Å². The van der Waals surface area contributed by atoms with Gasteiger partial charge in [0, 0.05) is 6.54 Å². The zero-order valence-electron chi connectivity index (χ0n) is 17.6. The second-order valence-electron chi connectivity index (χ2n) is 8.35. The Morgan fingerprint density at radius 3 is 2.53 bits per heavy atom. The maximum Gasteiger partial charge on any atom is 0.271 e. The number of nitrogens with one attached hydrogen (secondary N) is 1. The first-order chi connectivity index (χ1) is 14.4. The first-order valence-electron chi connectivity index (χ1n) is 10.3. The van der Waals surface area contributed by atoms with Crippen molar-refractivity contribution in [2.24, 2.45) is 5.92 Å². The third-order valence-corrected chi connectivity index (χ3v) is 5.67. The van der Waals surface area contributed by atoms with E-state index in [4.69, 9.17) is 8.83 Å². The average molecular weight is 409 g/mol. The number of furan rings is 2. The average Bonchev–Trinajstić information content (AvgIpc) is 3.45. The first-order valence-corrected chi connectivity index (χ1v) is 10.3. The lowest BCUT2D eigenvalue weighted by molar-refractivity contribution is -0.133. The molecule has 0 aliphatic carbocycles. The number of aromatic nitrogens is 1. The van der Waals surface area contributed by atoms with Crippen LogP contribution in [0.1, 0.15) is 43.4 Å². The van der Waals surface area contributed by atoms with E-state index in [1.807, 2.05) is 29.7 Å². The van der Waals surface area contributed by atoms with Crippen molar-refractivity contribution >= 4 is 11.8 Å². The topological polar surface area (TPSA) is 80.6 Å². The van der Waals surface area contributed by atoms with Crippen LogP contribution < -0.4 is 5.32 Å². The van der Waals surface area contributed by atoms with Crippen LogP contribution in [0.25, 0.3) is 11.5 Å². The summed E-state index contributed by atoms with van der Waals surface area (Å²) in [5.74, 6) is 1.39. The highest BCUT2D eigenvalue weighted by molar-refractivity contribution is 6.00. The fourth-order valence-corrected chi connectivity index (χ4v) is 3.88. The van der Waals surface area contributed by atoms with Crippen molar-refractivity contribution in [1.82, 2.24) is 14.8 Å². The van der Waals surface area contributed by atoms with E-state index in [9.17, 15) is 9.59 Å². The minimum Gasteiger partial charge on any atom is -0.467 e. The summed E-state index contributed by atoms with van der Waals surface area (Å²) in [5, 5.41) is 3.03. The normalized spacial score (nSPS) is 18.7. The van der Waals surface area contributed by atoms with Gasteiger partial charge in [-0.25, -0.2) is 0 Å². The number of hydrogen-bond acceptors (Lipinski definition) is 4. The fourth-order valence-electron chi connectivity index (χ4n) is 3.88. The molecule has 3 aromatic heterocycles. The summed E-state index contributed by atoms with van der Waals surface area (Å²) in [6.45, 7) is 7.16. The van der Waals surface area contributed by atoms with Gasteiger partial charge in [-0.3, -0.25) is 9.59 Å². The van der Waals surface area contributed by atoms with Crippen LogP contribution in [0.3, 0.4) is 0 Å². The Morgan fingerprint density at radius 2 is 1.87 bits per heavy atom. The number of hydrogen-bond donors (Lipinski definition) is 1. The van der Waals surface area contributed by atoms with Gasteiger partial charge in [0.1, 0.15) is 22.8 Å². The molecule has 1 aliphatic rings. The largest absolute Gasteiger partial charge is 0.467 e. The van der Waals surface area contributed by atoms with Crippen LogP contribution >= 0.6 is 0 Å². The molecule has 0 bridgehead atoms. The summed E-state index contributed by atoms with van der Waals surface area (Å²) in [6.07, 6.45) is 4.04. The molecule has 7 nitrogen and oxygen atoms in total. The summed E-state index contributed by atoms with van der Waals surface area (Å²) >= 11 is 0. The molecule has 0 saturated carbocycles. The molecule has 158 valence electrons. The summed E-state index contributed by atoms with van der Waals surface area (Å²) in [5.41, 5.74) is 0.233. The monoisotopic (exact) mass is 409 g/mol. The van der Waals surface area contributed by atoms with Gasteiger partial charge >= 0.3 is 0 Å². The van der Waals surface area contributed by atoms with Crippen LogP contribution in [-0.2, 0) is 17.9 Å². The molecule has 1 aliphatic heterocycles. The first kappa shape index (κ1) is 20.1. The van der Waals surface area contributed by atoms with Crippen molar-refractivity contribution in [3.8, 4) is 11.5 Å². The predicted octanol–water partition coefficient (Wildman–Crippen LogP) is 3.92. The summed E-state index contributed by atoms with van der Waals surface area (Å²) < 4.78 is 12.9. The Morgan fingerprint density at radius 1 is 1.13 bits per heavy atom. The molecule has 0 saturated heterocycles. The number of rotatable bonds is 7. The SMILES string of the molecule is CC(C)CCNC(=O)C1(C)Cn2c(ccc2-c2ccco2)C(=O)N1Cc1ccco1. The number of nitrogens with zero attached hydrogens (tertiary/aromatic N) is 2. The molecule has 2 amide bonds. The third-order valence-electron chi connectivity index (χ3n) is 5.67. The Kier molecular flexibility index (Phi) is 5.28. The van der Waals surface area contributed by atoms with Gasteiger partial charge in [0.25, 0.3) is 5.91 Å². The van der Waals surface area contributed by atoms with E-state index in [1.54, 1.807) is 35.6 Å². The number of carbonyl (C=O) groups excluding carboxylic acids is 2. The smallest absolute Gasteiger partial charge is 0.271 e. The molecule has 0 spiro atoms. The lowest BCUT2D eigenvalue weighted by atomic mass is 9.94. The van der Waals surface area contributed by atoms with Crippen LogP contribution in [-0.4, -0.2) is 33.4 Å². The van der Waals surface area contributed by atoms with E-state index in [1.165, 1.54) is 0 Å². The molecular weight excluding hydrogens is 382 g/mol. The van der Waals surface area contributed by atoms with Gasteiger partial charge in [0.15, 0.2) is 0 Å². The quantitative estimate of drug-likeness (QED) is 0.641. The Bertz CT molecular complexity index is 1020. The minimum atomic E-state index is -1.08. The van der Waals surface area contributed by atoms with E-state index in [0.717, 1.165) is 12.1 Å². The fraction of sp³-hybridized carbons (Fsp3) is 0.391. The predicted molar refractivity (Wildman–Crippen MR) is 112 cm³/mol. The van der Waals surface area contributed by atoms with Crippen molar-refractivity contribution in [1.29, 1.82) is 0 Å². The van der Waals surface area contributed by atoms with Crippen LogP contribution in [0, 0.1) is 5.92 Å². The molecule has 0 fully saturated rings. The molecule has 1 N–H and O–H groups in total. The van der Waals surface area contributed by atoms with Gasteiger partial charge in [-0.15, -0.1) is 0 Å². The molecule has 7 heteroatoms. The molecule has 1 atom stereocenters. The Balaban J connectivity index is 1.70. The highest BCUT2D eigenvalue weighted by Crippen LogP contribution is 2.34. The molecule has 3 aromatic rings. The Labute approximate surface area is 175 Å². The van der Waals surface area contributed by atoms with E-state index >= 15 is 0 Å². The van der Waals surface area contributed by atoms with E-state index in [0.29, 0.717) is 36.2 Å². The molecule has 0 aromatic carbocycles. The van der Waals surface area contributed by atoms with Gasteiger partial charge in [0.05, 0.1) is 31.3 Å². The standard InChI is InChI=1S/C23H27N3O4/c1-16(2)10-11-24-22(28)23(3)15-25-18(20-7-5-13-30-20)8-9-19(25)21(27)26(23)14-17-6-4-12-29-17/h4-9,12-13,16H,10-11,14-15H2,1-3H3,(H,24,28). The van der Waals surface area contributed by atoms with Crippen LogP contribution in [0.4, 0.5) is 0 Å². The van der Waals surface area contributed by atoms with Crippen molar-refractivity contribution in [3.05, 3.63) is 60.4 Å². The van der Waals surface area contributed by atoms with Gasteiger partial charge in [-0.2, -0.15) is 0 Å². The minimum absolute atomic E-state index is 0.173. The highest BCUT2D eigenvalue weighted by atomic mass is 16.3.